The predicted molar refractivity (Wildman–Crippen MR) is 69.4 cm³/mol. The van der Waals surface area contributed by atoms with Crippen molar-refractivity contribution in [3.05, 3.63) is 18.3 Å². The van der Waals surface area contributed by atoms with E-state index in [1.807, 2.05) is 18.3 Å². The molecule has 0 bridgehead atoms. The lowest BCUT2D eigenvalue weighted by molar-refractivity contribution is 0.357. The van der Waals surface area contributed by atoms with Crippen LogP contribution >= 0.6 is 0 Å². The molecule has 0 radical (unpaired) electrons. The number of nitrogens with two attached hydrogens (primary N) is 1. The summed E-state index contributed by atoms with van der Waals surface area (Å²) in [6.45, 7) is 4.10. The molecule has 1 fully saturated rings. The van der Waals surface area contributed by atoms with Crippen molar-refractivity contribution < 1.29 is 4.74 Å². The standard InChI is InChI=1S/C13H21N3O/c1-10(14)11-5-4-8-16(9-11)13-12(17-2)6-3-7-15-13/h3,6-7,10-11H,4-5,8-9,14H2,1-2H3. The number of anilines is 1. The lowest BCUT2D eigenvalue weighted by Gasteiger charge is -2.35. The van der Waals surface area contributed by atoms with Gasteiger partial charge in [-0.1, -0.05) is 0 Å². The first kappa shape index (κ1) is 12.2. The summed E-state index contributed by atoms with van der Waals surface area (Å²) < 4.78 is 5.36. The molecule has 2 rings (SSSR count). The van der Waals surface area contributed by atoms with Crippen molar-refractivity contribution in [1.82, 2.24) is 4.98 Å². The maximum absolute atomic E-state index is 6.00. The van der Waals surface area contributed by atoms with E-state index in [2.05, 4.69) is 16.8 Å². The van der Waals surface area contributed by atoms with Gasteiger partial charge in [-0.25, -0.2) is 4.98 Å². The molecular weight excluding hydrogens is 214 g/mol. The molecule has 4 heteroatoms. The second kappa shape index (κ2) is 5.36. The second-order valence-corrected chi connectivity index (χ2v) is 4.74. The highest BCUT2D eigenvalue weighted by Crippen LogP contribution is 2.29. The first-order valence-corrected chi connectivity index (χ1v) is 6.22. The Morgan fingerprint density at radius 1 is 1.59 bits per heavy atom. The molecular formula is C13H21N3O. The highest BCUT2D eigenvalue weighted by Gasteiger charge is 2.24. The van der Waals surface area contributed by atoms with Crippen molar-refractivity contribution in [2.45, 2.75) is 25.8 Å². The van der Waals surface area contributed by atoms with Crippen LogP contribution in [0.1, 0.15) is 19.8 Å². The molecule has 1 aliphatic rings. The lowest BCUT2D eigenvalue weighted by Crippen LogP contribution is -2.42. The summed E-state index contributed by atoms with van der Waals surface area (Å²) in [5.41, 5.74) is 6.00. The summed E-state index contributed by atoms with van der Waals surface area (Å²) in [4.78, 5) is 6.72. The van der Waals surface area contributed by atoms with Crippen molar-refractivity contribution in [2.75, 3.05) is 25.1 Å². The Morgan fingerprint density at radius 3 is 3.12 bits per heavy atom. The van der Waals surface area contributed by atoms with Crippen molar-refractivity contribution in [2.24, 2.45) is 11.7 Å². The molecule has 0 aromatic carbocycles. The van der Waals surface area contributed by atoms with Crippen LogP contribution in [0.25, 0.3) is 0 Å². The Balaban J connectivity index is 2.16. The molecule has 1 aliphatic heterocycles. The first-order valence-electron chi connectivity index (χ1n) is 6.22. The smallest absolute Gasteiger partial charge is 0.171 e. The van der Waals surface area contributed by atoms with Gasteiger partial charge in [0.1, 0.15) is 0 Å². The second-order valence-electron chi connectivity index (χ2n) is 4.74. The first-order chi connectivity index (χ1) is 8.22. The molecule has 2 unspecified atom stereocenters. The largest absolute Gasteiger partial charge is 0.493 e. The average Bonchev–Trinajstić information content (AvgIpc) is 2.39. The molecule has 0 aliphatic carbocycles. The number of methoxy groups -OCH3 is 1. The molecule has 94 valence electrons. The molecule has 1 saturated heterocycles. The van der Waals surface area contributed by atoms with Crippen molar-refractivity contribution in [3.8, 4) is 5.75 Å². The fraction of sp³-hybridized carbons (Fsp3) is 0.615. The van der Waals surface area contributed by atoms with E-state index in [9.17, 15) is 0 Å². The van der Waals surface area contributed by atoms with Gasteiger partial charge in [0.25, 0.3) is 0 Å². The van der Waals surface area contributed by atoms with Crippen LogP contribution in [-0.2, 0) is 0 Å². The van der Waals surface area contributed by atoms with E-state index in [-0.39, 0.29) is 6.04 Å². The number of hydrogen-bond acceptors (Lipinski definition) is 4. The van der Waals surface area contributed by atoms with Crippen molar-refractivity contribution >= 4 is 5.82 Å². The third-order valence-electron chi connectivity index (χ3n) is 3.47. The summed E-state index contributed by atoms with van der Waals surface area (Å²) in [7, 11) is 1.69. The third kappa shape index (κ3) is 2.69. The Morgan fingerprint density at radius 2 is 2.41 bits per heavy atom. The Kier molecular flexibility index (Phi) is 3.84. The molecule has 1 aromatic rings. The van der Waals surface area contributed by atoms with Crippen LogP contribution in [-0.4, -0.2) is 31.2 Å². The van der Waals surface area contributed by atoms with Gasteiger partial charge >= 0.3 is 0 Å². The lowest BCUT2D eigenvalue weighted by atomic mass is 9.92. The summed E-state index contributed by atoms with van der Waals surface area (Å²) >= 11 is 0. The van der Waals surface area contributed by atoms with Crippen molar-refractivity contribution in [3.63, 3.8) is 0 Å². The van der Waals surface area contributed by atoms with Gasteiger partial charge in [0.2, 0.25) is 0 Å². The van der Waals surface area contributed by atoms with Crippen molar-refractivity contribution in [1.29, 1.82) is 0 Å². The minimum Gasteiger partial charge on any atom is -0.493 e. The van der Waals surface area contributed by atoms with E-state index < -0.39 is 0 Å². The highest BCUT2D eigenvalue weighted by molar-refractivity contribution is 5.52. The van der Waals surface area contributed by atoms with Crippen LogP contribution in [0.4, 0.5) is 5.82 Å². The van der Waals surface area contributed by atoms with Crippen LogP contribution in [0.15, 0.2) is 18.3 Å². The Bertz CT molecular complexity index is 367. The summed E-state index contributed by atoms with van der Waals surface area (Å²) in [6, 6.07) is 4.10. The normalized spacial score (nSPS) is 22.3. The fourth-order valence-electron chi connectivity index (χ4n) is 2.41. The Hall–Kier alpha value is -1.29. The van der Waals surface area contributed by atoms with Gasteiger partial charge in [0.15, 0.2) is 11.6 Å². The quantitative estimate of drug-likeness (QED) is 0.865. The number of nitrogens with zero attached hydrogens (tertiary/aromatic N) is 2. The maximum Gasteiger partial charge on any atom is 0.171 e. The zero-order chi connectivity index (χ0) is 12.3. The summed E-state index contributed by atoms with van der Waals surface area (Å²) in [5, 5.41) is 0. The van der Waals surface area contributed by atoms with Crippen LogP contribution in [0, 0.1) is 5.92 Å². The highest BCUT2D eigenvalue weighted by atomic mass is 16.5. The van der Waals surface area contributed by atoms with Gasteiger partial charge in [-0.3, -0.25) is 0 Å². The number of ether oxygens (including phenoxy) is 1. The zero-order valence-corrected chi connectivity index (χ0v) is 10.6. The maximum atomic E-state index is 6.00. The van der Waals surface area contributed by atoms with Gasteiger partial charge in [-0.2, -0.15) is 0 Å². The van der Waals surface area contributed by atoms with Crippen LogP contribution in [0.5, 0.6) is 5.75 Å². The molecule has 2 N–H and O–H groups in total. The SMILES string of the molecule is COc1cccnc1N1CCCC(C(C)N)C1. The van der Waals surface area contributed by atoms with Gasteiger partial charge in [-0.15, -0.1) is 0 Å². The monoisotopic (exact) mass is 235 g/mol. The zero-order valence-electron chi connectivity index (χ0n) is 10.6. The van der Waals surface area contributed by atoms with Gasteiger partial charge in [-0.05, 0) is 37.8 Å². The van der Waals surface area contributed by atoms with E-state index in [1.54, 1.807) is 7.11 Å². The van der Waals surface area contributed by atoms with E-state index in [1.165, 1.54) is 12.8 Å². The average molecular weight is 235 g/mol. The summed E-state index contributed by atoms with van der Waals surface area (Å²) in [5.74, 6) is 2.34. The number of hydrogen-bond donors (Lipinski definition) is 1. The predicted octanol–water partition coefficient (Wildman–Crippen LogP) is 1.65. The number of aromatic nitrogens is 1. The number of pyridine rings is 1. The van der Waals surface area contributed by atoms with Crippen LogP contribution in [0.3, 0.4) is 0 Å². The minimum atomic E-state index is 0.243. The van der Waals surface area contributed by atoms with E-state index in [0.717, 1.165) is 24.7 Å². The molecule has 0 amide bonds. The molecule has 0 saturated carbocycles. The molecule has 4 nitrogen and oxygen atoms in total. The van der Waals surface area contributed by atoms with Gasteiger partial charge in [0.05, 0.1) is 7.11 Å². The molecule has 2 atom stereocenters. The number of rotatable bonds is 3. The fourth-order valence-corrected chi connectivity index (χ4v) is 2.41. The van der Waals surface area contributed by atoms with E-state index >= 15 is 0 Å². The van der Waals surface area contributed by atoms with Crippen LogP contribution < -0.4 is 15.4 Å². The molecule has 17 heavy (non-hydrogen) atoms. The third-order valence-corrected chi connectivity index (χ3v) is 3.47. The van der Waals surface area contributed by atoms with Crippen LogP contribution in [0.2, 0.25) is 0 Å². The van der Waals surface area contributed by atoms with E-state index in [0.29, 0.717) is 5.92 Å². The van der Waals surface area contributed by atoms with Gasteiger partial charge < -0.3 is 15.4 Å². The molecule has 2 heterocycles. The summed E-state index contributed by atoms with van der Waals surface area (Å²) in [6.07, 6.45) is 4.20. The minimum absolute atomic E-state index is 0.243. The Labute approximate surface area is 103 Å². The van der Waals surface area contributed by atoms with Gasteiger partial charge in [0, 0.05) is 25.3 Å². The molecule has 1 aromatic heterocycles. The number of piperidine rings is 1. The molecule has 0 spiro atoms. The topological polar surface area (TPSA) is 51.4 Å². The van der Waals surface area contributed by atoms with E-state index in [4.69, 9.17) is 10.5 Å².